The van der Waals surface area contributed by atoms with Gasteiger partial charge in [0.15, 0.2) is 5.96 Å². The fourth-order valence-electron chi connectivity index (χ4n) is 3.76. The van der Waals surface area contributed by atoms with Crippen molar-refractivity contribution in [1.29, 1.82) is 0 Å². The van der Waals surface area contributed by atoms with Crippen LogP contribution >= 0.6 is 24.0 Å². The summed E-state index contributed by atoms with van der Waals surface area (Å²) in [6, 6.07) is 5.64. The van der Waals surface area contributed by atoms with E-state index in [9.17, 15) is 13.2 Å². The second-order valence-electron chi connectivity index (χ2n) is 8.87. The topological polar surface area (TPSA) is 54.9 Å². The monoisotopic (exact) mass is 557 g/mol. The third-order valence-electron chi connectivity index (χ3n) is 5.78. The van der Waals surface area contributed by atoms with Gasteiger partial charge in [0.1, 0.15) is 0 Å². The highest BCUT2D eigenvalue weighted by Crippen LogP contribution is 2.37. The number of nitrogens with zero attached hydrogens (tertiary/aromatic N) is 1. The predicted molar refractivity (Wildman–Crippen MR) is 128 cm³/mol. The molecule has 1 aliphatic rings. The number of nitrogens with one attached hydrogen (secondary N) is 2. The lowest BCUT2D eigenvalue weighted by atomic mass is 9.73. The fourth-order valence-corrected chi connectivity index (χ4v) is 3.76. The summed E-state index contributed by atoms with van der Waals surface area (Å²) in [4.78, 5) is 4.27. The number of methoxy groups -OCH3 is 1. The SMILES string of the molecule is CN=C(NCC(OC)C(C)(C)C)NCC1(c2cccc(C(F)(F)F)c2)CCOCC1.I. The first-order valence-corrected chi connectivity index (χ1v) is 10.2. The molecule has 31 heavy (non-hydrogen) atoms. The Bertz CT molecular complexity index is 715. The van der Waals surface area contributed by atoms with Gasteiger partial charge in [-0.1, -0.05) is 39.0 Å². The first-order chi connectivity index (χ1) is 14.0. The van der Waals surface area contributed by atoms with E-state index in [1.54, 1.807) is 20.2 Å². The summed E-state index contributed by atoms with van der Waals surface area (Å²) < 4.78 is 50.8. The third kappa shape index (κ3) is 7.78. The Morgan fingerprint density at radius 3 is 2.35 bits per heavy atom. The summed E-state index contributed by atoms with van der Waals surface area (Å²) >= 11 is 0. The molecule has 1 aliphatic heterocycles. The van der Waals surface area contributed by atoms with Crippen LogP contribution in [-0.2, 0) is 21.1 Å². The summed E-state index contributed by atoms with van der Waals surface area (Å²) in [5, 5.41) is 6.59. The minimum absolute atomic E-state index is 0. The first kappa shape index (κ1) is 28.0. The fraction of sp³-hybridized carbons (Fsp3) is 0.682. The van der Waals surface area contributed by atoms with Crippen LogP contribution in [0, 0.1) is 5.41 Å². The molecule has 2 rings (SSSR count). The van der Waals surface area contributed by atoms with Crippen molar-refractivity contribution in [3.63, 3.8) is 0 Å². The number of benzene rings is 1. The lowest BCUT2D eigenvalue weighted by molar-refractivity contribution is -0.137. The molecule has 1 aromatic rings. The number of alkyl halides is 3. The van der Waals surface area contributed by atoms with E-state index in [0.717, 1.165) is 6.07 Å². The number of guanidine groups is 1. The number of halogens is 4. The van der Waals surface area contributed by atoms with E-state index in [2.05, 4.69) is 36.4 Å². The third-order valence-corrected chi connectivity index (χ3v) is 5.78. The van der Waals surface area contributed by atoms with Gasteiger partial charge in [-0.3, -0.25) is 4.99 Å². The minimum atomic E-state index is -4.37. The Morgan fingerprint density at radius 1 is 1.19 bits per heavy atom. The molecule has 0 radical (unpaired) electrons. The molecule has 1 fully saturated rings. The minimum Gasteiger partial charge on any atom is -0.381 e. The van der Waals surface area contributed by atoms with Crippen molar-refractivity contribution in [2.75, 3.05) is 40.5 Å². The highest BCUT2D eigenvalue weighted by molar-refractivity contribution is 14.0. The average molecular weight is 557 g/mol. The highest BCUT2D eigenvalue weighted by Gasteiger charge is 2.37. The van der Waals surface area contributed by atoms with Crippen LogP contribution in [0.2, 0.25) is 0 Å². The number of rotatable bonds is 6. The first-order valence-electron chi connectivity index (χ1n) is 10.2. The van der Waals surface area contributed by atoms with E-state index in [1.165, 1.54) is 12.1 Å². The van der Waals surface area contributed by atoms with Gasteiger partial charge in [-0.25, -0.2) is 0 Å². The highest BCUT2D eigenvalue weighted by atomic mass is 127. The number of hydrogen-bond donors (Lipinski definition) is 2. The van der Waals surface area contributed by atoms with E-state index in [-0.39, 0.29) is 35.5 Å². The molecule has 0 aromatic heterocycles. The normalized spacial score (nSPS) is 18.1. The van der Waals surface area contributed by atoms with Crippen LogP contribution in [0.15, 0.2) is 29.3 Å². The van der Waals surface area contributed by atoms with Gasteiger partial charge in [-0.15, -0.1) is 24.0 Å². The Morgan fingerprint density at radius 2 is 1.84 bits per heavy atom. The average Bonchev–Trinajstić information content (AvgIpc) is 2.70. The largest absolute Gasteiger partial charge is 0.416 e. The molecular weight excluding hydrogens is 522 g/mol. The van der Waals surface area contributed by atoms with Crippen LogP contribution in [0.25, 0.3) is 0 Å². The quantitative estimate of drug-likeness (QED) is 0.305. The molecule has 0 saturated carbocycles. The van der Waals surface area contributed by atoms with Gasteiger partial charge in [0, 0.05) is 45.9 Å². The van der Waals surface area contributed by atoms with Crippen molar-refractivity contribution in [3.05, 3.63) is 35.4 Å². The molecule has 5 nitrogen and oxygen atoms in total. The van der Waals surface area contributed by atoms with Crippen molar-refractivity contribution < 1.29 is 22.6 Å². The van der Waals surface area contributed by atoms with Gasteiger partial charge in [0.25, 0.3) is 0 Å². The number of aliphatic imine (C=N–C) groups is 1. The molecule has 178 valence electrons. The van der Waals surface area contributed by atoms with Crippen LogP contribution in [0.4, 0.5) is 13.2 Å². The van der Waals surface area contributed by atoms with E-state index in [4.69, 9.17) is 9.47 Å². The Hall–Kier alpha value is -1.07. The van der Waals surface area contributed by atoms with Crippen molar-refractivity contribution in [2.45, 2.75) is 51.3 Å². The molecule has 9 heteroatoms. The zero-order valence-electron chi connectivity index (χ0n) is 18.9. The van der Waals surface area contributed by atoms with E-state index >= 15 is 0 Å². The summed E-state index contributed by atoms with van der Waals surface area (Å²) in [5.41, 5.74) is -0.447. The molecule has 1 heterocycles. The summed E-state index contributed by atoms with van der Waals surface area (Å²) in [7, 11) is 3.35. The summed E-state index contributed by atoms with van der Waals surface area (Å²) in [5.74, 6) is 0.596. The Balaban J connectivity index is 0.00000480. The van der Waals surface area contributed by atoms with Crippen LogP contribution in [0.5, 0.6) is 0 Å². The molecule has 0 aliphatic carbocycles. The van der Waals surface area contributed by atoms with E-state index in [1.807, 2.05) is 0 Å². The molecule has 2 N–H and O–H groups in total. The Kier molecular flexibility index (Phi) is 10.5. The van der Waals surface area contributed by atoms with Crippen molar-refractivity contribution in [2.24, 2.45) is 10.4 Å². The Labute approximate surface area is 200 Å². The smallest absolute Gasteiger partial charge is 0.381 e. The maximum absolute atomic E-state index is 13.3. The van der Waals surface area contributed by atoms with Crippen LogP contribution in [0.1, 0.15) is 44.7 Å². The van der Waals surface area contributed by atoms with E-state index in [0.29, 0.717) is 50.7 Å². The zero-order valence-corrected chi connectivity index (χ0v) is 21.3. The maximum Gasteiger partial charge on any atom is 0.416 e. The second-order valence-corrected chi connectivity index (χ2v) is 8.87. The van der Waals surface area contributed by atoms with Gasteiger partial charge < -0.3 is 20.1 Å². The van der Waals surface area contributed by atoms with Gasteiger partial charge >= 0.3 is 6.18 Å². The number of ether oxygens (including phenoxy) is 2. The molecule has 0 bridgehead atoms. The summed E-state index contributed by atoms with van der Waals surface area (Å²) in [6.07, 6.45) is -3.10. The molecular formula is C22H35F3IN3O2. The summed E-state index contributed by atoms with van der Waals surface area (Å²) in [6.45, 7) is 8.36. The van der Waals surface area contributed by atoms with Crippen molar-refractivity contribution >= 4 is 29.9 Å². The lowest BCUT2D eigenvalue weighted by Crippen LogP contribution is -2.50. The lowest BCUT2D eigenvalue weighted by Gasteiger charge is -2.38. The van der Waals surface area contributed by atoms with Gasteiger partial charge in [0.05, 0.1) is 11.7 Å². The van der Waals surface area contributed by atoms with Gasteiger partial charge in [-0.05, 0) is 29.9 Å². The second kappa shape index (κ2) is 11.7. The predicted octanol–water partition coefficient (Wildman–Crippen LogP) is 4.60. The molecule has 1 aromatic carbocycles. The van der Waals surface area contributed by atoms with E-state index < -0.39 is 17.2 Å². The molecule has 1 unspecified atom stereocenters. The number of hydrogen-bond acceptors (Lipinski definition) is 3. The van der Waals surface area contributed by atoms with Crippen LogP contribution in [-0.4, -0.2) is 52.5 Å². The van der Waals surface area contributed by atoms with Crippen molar-refractivity contribution in [1.82, 2.24) is 10.6 Å². The van der Waals surface area contributed by atoms with Crippen molar-refractivity contribution in [3.8, 4) is 0 Å². The maximum atomic E-state index is 13.3. The standard InChI is InChI=1S/C22H34F3N3O2.HI/c1-20(2,3)18(29-5)14-27-19(26-4)28-15-21(9-11-30-12-10-21)16-7-6-8-17(13-16)22(23,24)25;/h6-8,13,18H,9-12,14-15H2,1-5H3,(H2,26,27,28);1H. The van der Waals surface area contributed by atoms with Gasteiger partial charge in [0.2, 0.25) is 0 Å². The molecule has 1 saturated heterocycles. The van der Waals surface area contributed by atoms with Crippen LogP contribution < -0.4 is 10.6 Å². The molecule has 0 amide bonds. The van der Waals surface area contributed by atoms with Gasteiger partial charge in [-0.2, -0.15) is 13.2 Å². The molecule has 1 atom stereocenters. The molecule has 0 spiro atoms. The van der Waals surface area contributed by atoms with Crippen LogP contribution in [0.3, 0.4) is 0 Å². The zero-order chi connectivity index (χ0) is 22.4.